The molecular weight excluding hydrogens is 196 g/mol. The molecule has 2 heteroatoms. The molecule has 1 N–H and O–H groups in total. The highest BCUT2D eigenvalue weighted by atomic mass is 14.7. The molecule has 0 aliphatic carbocycles. The Bertz CT molecular complexity index is 429. The smallest absolute Gasteiger partial charge is 0.0456 e. The van der Waals surface area contributed by atoms with Crippen LogP contribution in [0.25, 0.3) is 10.9 Å². The van der Waals surface area contributed by atoms with Crippen molar-refractivity contribution in [2.45, 2.75) is 26.2 Å². The minimum Gasteiger partial charge on any atom is -0.358 e. The fourth-order valence-corrected chi connectivity index (χ4v) is 1.78. The predicted molar refractivity (Wildman–Crippen MR) is 70.3 cm³/mol. The zero-order chi connectivity index (χ0) is 11.2. The number of hydrogen-bond acceptors (Lipinski definition) is 1. The third-order valence-corrected chi connectivity index (χ3v) is 2.72. The number of aromatic nitrogens is 1. The summed E-state index contributed by atoms with van der Waals surface area (Å²) in [7, 11) is 0. The van der Waals surface area contributed by atoms with E-state index in [1.54, 1.807) is 0 Å². The minimum atomic E-state index is 1.07. The van der Waals surface area contributed by atoms with Crippen LogP contribution in [-0.2, 0) is 6.42 Å². The van der Waals surface area contributed by atoms with Crippen LogP contribution in [0.3, 0.4) is 0 Å². The standard InChI is InChI=1S/C10H11N.C4H7N/c1-2-9-7-8-5-3-4-6-10(8)11-9;1-2-4-5-3-1/h3-7,11H,2H2,1H3;3H,1-2,4H2. The molecule has 0 fully saturated rings. The molecule has 16 heavy (non-hydrogen) atoms. The molecule has 0 atom stereocenters. The predicted octanol–water partition coefficient (Wildman–Crippen LogP) is 3.58. The maximum absolute atomic E-state index is 3.96. The van der Waals surface area contributed by atoms with Crippen LogP contribution in [0.2, 0.25) is 0 Å². The number of para-hydroxylation sites is 1. The van der Waals surface area contributed by atoms with Gasteiger partial charge in [0.2, 0.25) is 0 Å². The molecule has 3 rings (SSSR count). The summed E-state index contributed by atoms with van der Waals surface area (Å²) in [6, 6.07) is 10.6. The molecule has 0 radical (unpaired) electrons. The van der Waals surface area contributed by atoms with Gasteiger partial charge in [0.1, 0.15) is 0 Å². The first-order valence-electron chi connectivity index (χ1n) is 5.95. The topological polar surface area (TPSA) is 28.1 Å². The average molecular weight is 214 g/mol. The Morgan fingerprint density at radius 2 is 2.19 bits per heavy atom. The molecule has 0 saturated carbocycles. The first kappa shape index (κ1) is 10.9. The summed E-state index contributed by atoms with van der Waals surface area (Å²) in [4.78, 5) is 7.30. The Hall–Kier alpha value is -1.57. The highest BCUT2D eigenvalue weighted by Gasteiger charge is 1.95. The summed E-state index contributed by atoms with van der Waals surface area (Å²) < 4.78 is 0. The summed E-state index contributed by atoms with van der Waals surface area (Å²) in [5, 5.41) is 1.31. The fraction of sp³-hybridized carbons (Fsp3) is 0.357. The van der Waals surface area contributed by atoms with Crippen molar-refractivity contribution in [3.63, 3.8) is 0 Å². The van der Waals surface area contributed by atoms with Gasteiger partial charge in [0.15, 0.2) is 0 Å². The van der Waals surface area contributed by atoms with Crippen molar-refractivity contribution in [1.29, 1.82) is 0 Å². The SMILES string of the molecule is C1=NCCC1.CCc1cc2ccccc2[nH]1. The molecule has 2 aromatic rings. The summed E-state index contributed by atoms with van der Waals surface area (Å²) in [6.45, 7) is 3.23. The number of aliphatic imine (C=N–C) groups is 1. The molecule has 0 saturated heterocycles. The van der Waals surface area contributed by atoms with E-state index in [0.29, 0.717) is 0 Å². The number of rotatable bonds is 1. The monoisotopic (exact) mass is 214 g/mol. The molecule has 2 nitrogen and oxygen atoms in total. The van der Waals surface area contributed by atoms with Crippen molar-refractivity contribution >= 4 is 17.1 Å². The minimum absolute atomic E-state index is 1.07. The third-order valence-electron chi connectivity index (χ3n) is 2.72. The summed E-state index contributed by atoms with van der Waals surface area (Å²) in [5.41, 5.74) is 2.55. The third kappa shape index (κ3) is 2.72. The molecule has 0 unspecified atom stereocenters. The van der Waals surface area contributed by atoms with E-state index in [1.165, 1.54) is 29.4 Å². The first-order chi connectivity index (χ1) is 7.90. The van der Waals surface area contributed by atoms with Crippen molar-refractivity contribution in [3.8, 4) is 0 Å². The van der Waals surface area contributed by atoms with Crippen molar-refractivity contribution in [3.05, 3.63) is 36.0 Å². The van der Waals surface area contributed by atoms with Crippen LogP contribution >= 0.6 is 0 Å². The molecular formula is C14H18N2. The summed E-state index contributed by atoms with van der Waals surface area (Å²) in [6.07, 6.45) is 5.55. The van der Waals surface area contributed by atoms with Crippen LogP contribution in [-0.4, -0.2) is 17.7 Å². The van der Waals surface area contributed by atoms with Gasteiger partial charge in [0.25, 0.3) is 0 Å². The largest absolute Gasteiger partial charge is 0.358 e. The van der Waals surface area contributed by atoms with Crippen LogP contribution in [0.1, 0.15) is 25.5 Å². The van der Waals surface area contributed by atoms with Gasteiger partial charge in [-0.2, -0.15) is 0 Å². The molecule has 0 bridgehead atoms. The maximum Gasteiger partial charge on any atom is 0.0456 e. The van der Waals surface area contributed by atoms with Gasteiger partial charge in [-0.1, -0.05) is 25.1 Å². The lowest BCUT2D eigenvalue weighted by Crippen LogP contribution is -1.74. The zero-order valence-electron chi connectivity index (χ0n) is 9.74. The zero-order valence-corrected chi connectivity index (χ0v) is 9.74. The Balaban J connectivity index is 0.000000162. The maximum atomic E-state index is 3.96. The van der Waals surface area contributed by atoms with Gasteiger partial charge in [-0.15, -0.1) is 0 Å². The van der Waals surface area contributed by atoms with E-state index in [4.69, 9.17) is 0 Å². The first-order valence-corrected chi connectivity index (χ1v) is 5.95. The van der Waals surface area contributed by atoms with Gasteiger partial charge < -0.3 is 4.98 Å². The second-order valence-corrected chi connectivity index (χ2v) is 3.97. The van der Waals surface area contributed by atoms with E-state index in [-0.39, 0.29) is 0 Å². The highest BCUT2D eigenvalue weighted by molar-refractivity contribution is 5.80. The number of nitrogens with zero attached hydrogens (tertiary/aromatic N) is 1. The van der Waals surface area contributed by atoms with Crippen LogP contribution < -0.4 is 0 Å². The Kier molecular flexibility index (Phi) is 3.76. The van der Waals surface area contributed by atoms with Crippen LogP contribution in [0, 0.1) is 0 Å². The lowest BCUT2D eigenvalue weighted by atomic mass is 10.2. The average Bonchev–Trinajstić information content (AvgIpc) is 3.01. The quantitative estimate of drug-likeness (QED) is 0.751. The van der Waals surface area contributed by atoms with Gasteiger partial charge in [-0.05, 0) is 43.0 Å². The number of aromatic amines is 1. The van der Waals surface area contributed by atoms with E-state index >= 15 is 0 Å². The van der Waals surface area contributed by atoms with E-state index in [9.17, 15) is 0 Å². The Morgan fingerprint density at radius 1 is 1.31 bits per heavy atom. The van der Waals surface area contributed by atoms with Crippen molar-refractivity contribution in [2.75, 3.05) is 6.54 Å². The number of aryl methyl sites for hydroxylation is 1. The van der Waals surface area contributed by atoms with Crippen LogP contribution in [0.4, 0.5) is 0 Å². The molecule has 0 spiro atoms. The number of hydrogen-bond donors (Lipinski definition) is 1. The molecule has 84 valence electrons. The number of H-pyrrole nitrogens is 1. The Labute approximate surface area is 96.4 Å². The van der Waals surface area contributed by atoms with Gasteiger partial charge in [0, 0.05) is 17.8 Å². The summed E-state index contributed by atoms with van der Waals surface area (Å²) >= 11 is 0. The van der Waals surface area contributed by atoms with Crippen molar-refractivity contribution < 1.29 is 0 Å². The van der Waals surface area contributed by atoms with Crippen LogP contribution in [0.5, 0.6) is 0 Å². The van der Waals surface area contributed by atoms with E-state index < -0.39 is 0 Å². The van der Waals surface area contributed by atoms with E-state index in [2.05, 4.69) is 47.2 Å². The molecule has 1 aromatic heterocycles. The lowest BCUT2D eigenvalue weighted by Gasteiger charge is -1.85. The summed E-state index contributed by atoms with van der Waals surface area (Å²) in [5.74, 6) is 0. The lowest BCUT2D eigenvalue weighted by molar-refractivity contribution is 0.952. The van der Waals surface area contributed by atoms with Gasteiger partial charge in [0.05, 0.1) is 0 Å². The molecule has 1 aromatic carbocycles. The normalized spacial score (nSPS) is 13.8. The second kappa shape index (κ2) is 5.50. The van der Waals surface area contributed by atoms with E-state index in [1.807, 2.05) is 6.21 Å². The van der Waals surface area contributed by atoms with Gasteiger partial charge in [-0.25, -0.2) is 0 Å². The number of fused-ring (bicyclic) bond motifs is 1. The van der Waals surface area contributed by atoms with E-state index in [0.717, 1.165) is 13.0 Å². The van der Waals surface area contributed by atoms with Gasteiger partial charge in [-0.3, -0.25) is 4.99 Å². The number of nitrogens with one attached hydrogen (secondary N) is 1. The second-order valence-electron chi connectivity index (χ2n) is 3.97. The number of benzene rings is 1. The van der Waals surface area contributed by atoms with Crippen molar-refractivity contribution in [2.24, 2.45) is 4.99 Å². The van der Waals surface area contributed by atoms with Crippen LogP contribution in [0.15, 0.2) is 35.3 Å². The molecule has 2 heterocycles. The Morgan fingerprint density at radius 3 is 2.75 bits per heavy atom. The molecule has 1 aliphatic heterocycles. The van der Waals surface area contributed by atoms with Crippen molar-refractivity contribution in [1.82, 2.24) is 4.98 Å². The molecule has 0 amide bonds. The van der Waals surface area contributed by atoms with Gasteiger partial charge >= 0.3 is 0 Å². The molecule has 1 aliphatic rings. The fourth-order valence-electron chi connectivity index (χ4n) is 1.78. The highest BCUT2D eigenvalue weighted by Crippen LogP contribution is 2.14.